The van der Waals surface area contributed by atoms with Crippen LogP contribution in [0.4, 0.5) is 9.18 Å². The lowest BCUT2D eigenvalue weighted by atomic mass is 9.88. The molecule has 1 aliphatic heterocycles. The van der Waals surface area contributed by atoms with Gasteiger partial charge in [0.05, 0.1) is 18.6 Å². The Bertz CT molecular complexity index is 891. The zero-order valence-electron chi connectivity index (χ0n) is 18.1. The van der Waals surface area contributed by atoms with Crippen molar-refractivity contribution in [2.75, 3.05) is 26.8 Å². The smallest absolute Gasteiger partial charge is 0.318 e. The van der Waals surface area contributed by atoms with E-state index in [1.165, 1.54) is 6.07 Å². The number of likely N-dealkylation sites (tertiary alicyclic amines) is 1. The summed E-state index contributed by atoms with van der Waals surface area (Å²) in [6.07, 6.45) is 1.29. The van der Waals surface area contributed by atoms with Gasteiger partial charge in [-0.1, -0.05) is 42.5 Å². The molecule has 2 aromatic rings. The van der Waals surface area contributed by atoms with Gasteiger partial charge in [0, 0.05) is 26.7 Å². The number of halogens is 1. The molecule has 2 N–H and O–H groups in total. The monoisotopic (exact) mass is 427 g/mol. The summed E-state index contributed by atoms with van der Waals surface area (Å²) in [6, 6.07) is 14.2. The highest BCUT2D eigenvalue weighted by Crippen LogP contribution is 2.34. The number of carbonyl (C=O) groups is 2. The Morgan fingerprint density at radius 3 is 2.61 bits per heavy atom. The fraction of sp³-hybridized carbons (Fsp3) is 0.417. The SMILES string of the molecule is COCCNC(=O)C1CCC(c2ccc(F)c(C)c2)N(C(=O)NCc2ccccc2)C1. The minimum Gasteiger partial charge on any atom is -0.383 e. The van der Waals surface area contributed by atoms with E-state index in [9.17, 15) is 14.0 Å². The van der Waals surface area contributed by atoms with Crippen LogP contribution in [0, 0.1) is 18.7 Å². The van der Waals surface area contributed by atoms with Crippen molar-refractivity contribution < 1.29 is 18.7 Å². The van der Waals surface area contributed by atoms with E-state index in [1.807, 2.05) is 30.3 Å². The van der Waals surface area contributed by atoms with Crippen LogP contribution in [0.3, 0.4) is 0 Å². The van der Waals surface area contributed by atoms with Gasteiger partial charge in [-0.15, -0.1) is 0 Å². The zero-order chi connectivity index (χ0) is 22.2. The van der Waals surface area contributed by atoms with E-state index in [4.69, 9.17) is 4.74 Å². The third-order valence-electron chi connectivity index (χ3n) is 5.67. The third-order valence-corrected chi connectivity index (χ3v) is 5.67. The number of piperidine rings is 1. The lowest BCUT2D eigenvalue weighted by molar-refractivity contribution is -0.127. The van der Waals surface area contributed by atoms with Gasteiger partial charge in [0.25, 0.3) is 0 Å². The molecule has 7 heteroatoms. The molecule has 2 unspecified atom stereocenters. The number of aryl methyl sites for hydroxylation is 1. The number of hydrogen-bond donors (Lipinski definition) is 2. The van der Waals surface area contributed by atoms with Crippen molar-refractivity contribution >= 4 is 11.9 Å². The molecule has 31 heavy (non-hydrogen) atoms. The van der Waals surface area contributed by atoms with E-state index >= 15 is 0 Å². The highest BCUT2D eigenvalue weighted by atomic mass is 19.1. The van der Waals surface area contributed by atoms with Gasteiger partial charge in [0.1, 0.15) is 5.82 Å². The molecule has 0 saturated carbocycles. The molecule has 6 nitrogen and oxygen atoms in total. The van der Waals surface area contributed by atoms with Crippen LogP contribution in [0.25, 0.3) is 0 Å². The minimum atomic E-state index is -0.294. The first-order valence-corrected chi connectivity index (χ1v) is 10.6. The average molecular weight is 428 g/mol. The van der Waals surface area contributed by atoms with E-state index < -0.39 is 0 Å². The highest BCUT2D eigenvalue weighted by molar-refractivity contribution is 5.81. The Morgan fingerprint density at radius 1 is 1.13 bits per heavy atom. The number of benzene rings is 2. The van der Waals surface area contributed by atoms with E-state index in [2.05, 4.69) is 10.6 Å². The van der Waals surface area contributed by atoms with Crippen LogP contribution in [0.2, 0.25) is 0 Å². The van der Waals surface area contributed by atoms with E-state index in [1.54, 1.807) is 31.1 Å². The van der Waals surface area contributed by atoms with Crippen molar-refractivity contribution in [2.45, 2.75) is 32.4 Å². The van der Waals surface area contributed by atoms with Crippen LogP contribution >= 0.6 is 0 Å². The summed E-state index contributed by atoms with van der Waals surface area (Å²) in [5.41, 5.74) is 2.42. The summed E-state index contributed by atoms with van der Waals surface area (Å²) in [4.78, 5) is 27.4. The molecule has 1 aliphatic rings. The topological polar surface area (TPSA) is 70.7 Å². The largest absolute Gasteiger partial charge is 0.383 e. The molecule has 166 valence electrons. The molecule has 1 saturated heterocycles. The first kappa shape index (κ1) is 22.7. The van der Waals surface area contributed by atoms with Crippen LogP contribution in [-0.4, -0.2) is 43.6 Å². The van der Waals surface area contributed by atoms with Crippen molar-refractivity contribution in [3.05, 3.63) is 71.0 Å². The summed E-state index contributed by atoms with van der Waals surface area (Å²) in [7, 11) is 1.58. The van der Waals surface area contributed by atoms with Gasteiger partial charge in [-0.05, 0) is 42.5 Å². The fourth-order valence-corrected chi connectivity index (χ4v) is 3.93. The van der Waals surface area contributed by atoms with E-state index in [0.717, 1.165) is 11.1 Å². The molecular formula is C24H30FN3O3. The Morgan fingerprint density at radius 2 is 1.90 bits per heavy atom. The fourth-order valence-electron chi connectivity index (χ4n) is 3.93. The Hall–Kier alpha value is -2.93. The molecular weight excluding hydrogens is 397 g/mol. The number of ether oxygens (including phenoxy) is 1. The second-order valence-electron chi connectivity index (χ2n) is 7.88. The van der Waals surface area contributed by atoms with Gasteiger partial charge in [-0.25, -0.2) is 9.18 Å². The molecule has 1 heterocycles. The van der Waals surface area contributed by atoms with Gasteiger partial charge in [0.15, 0.2) is 0 Å². The number of nitrogens with zero attached hydrogens (tertiary/aromatic N) is 1. The van der Waals surface area contributed by atoms with Crippen molar-refractivity contribution in [1.29, 1.82) is 0 Å². The molecule has 0 aliphatic carbocycles. The number of hydrogen-bond acceptors (Lipinski definition) is 3. The van der Waals surface area contributed by atoms with Crippen LogP contribution in [0.15, 0.2) is 48.5 Å². The van der Waals surface area contributed by atoms with Gasteiger partial charge in [-0.3, -0.25) is 4.79 Å². The number of rotatable bonds is 7. The summed E-state index contributed by atoms with van der Waals surface area (Å²) in [5, 5.41) is 5.84. The molecule has 3 amide bonds. The van der Waals surface area contributed by atoms with Crippen LogP contribution in [0.1, 0.15) is 35.6 Å². The Kier molecular flexibility index (Phi) is 8.00. The predicted octanol–water partition coefficient (Wildman–Crippen LogP) is 3.56. The van der Waals surface area contributed by atoms with Gasteiger partial charge in [0.2, 0.25) is 5.91 Å². The summed E-state index contributed by atoms with van der Waals surface area (Å²) in [5.74, 6) is -0.640. The first-order valence-electron chi connectivity index (χ1n) is 10.6. The normalized spacial score (nSPS) is 18.5. The maximum atomic E-state index is 13.8. The second-order valence-corrected chi connectivity index (χ2v) is 7.88. The molecule has 2 aromatic carbocycles. The number of urea groups is 1. The molecule has 0 radical (unpaired) electrons. The lowest BCUT2D eigenvalue weighted by Crippen LogP contribution is -2.50. The van der Waals surface area contributed by atoms with E-state index in [0.29, 0.717) is 44.6 Å². The Balaban J connectivity index is 1.75. The van der Waals surface area contributed by atoms with Gasteiger partial charge < -0.3 is 20.3 Å². The zero-order valence-corrected chi connectivity index (χ0v) is 18.1. The molecule has 3 rings (SSSR count). The van der Waals surface area contributed by atoms with E-state index in [-0.39, 0.29) is 29.7 Å². The second kappa shape index (κ2) is 10.9. The molecule has 0 aromatic heterocycles. The third kappa shape index (κ3) is 6.04. The maximum Gasteiger partial charge on any atom is 0.318 e. The standard InChI is InChI=1S/C24H30FN3O3/c1-17-14-19(8-10-21(17)25)22-11-9-20(23(29)26-12-13-31-2)16-28(22)24(30)27-15-18-6-4-3-5-7-18/h3-8,10,14,20,22H,9,11-13,15-16H2,1-2H3,(H,26,29)(H,27,30). The average Bonchev–Trinajstić information content (AvgIpc) is 2.79. The molecule has 0 spiro atoms. The van der Waals surface area contributed by atoms with Crippen LogP contribution in [0.5, 0.6) is 0 Å². The molecule has 1 fully saturated rings. The lowest BCUT2D eigenvalue weighted by Gasteiger charge is -2.39. The van der Waals surface area contributed by atoms with Crippen molar-refractivity contribution in [3.63, 3.8) is 0 Å². The van der Waals surface area contributed by atoms with Gasteiger partial charge in [-0.2, -0.15) is 0 Å². The maximum absolute atomic E-state index is 13.8. The number of amides is 3. The van der Waals surface area contributed by atoms with Crippen molar-refractivity contribution in [1.82, 2.24) is 15.5 Å². The molecule has 0 bridgehead atoms. The first-order chi connectivity index (χ1) is 15.0. The summed E-state index contributed by atoms with van der Waals surface area (Å²) in [6.45, 7) is 3.30. The van der Waals surface area contributed by atoms with Crippen molar-refractivity contribution in [3.8, 4) is 0 Å². The highest BCUT2D eigenvalue weighted by Gasteiger charge is 2.35. The van der Waals surface area contributed by atoms with Gasteiger partial charge >= 0.3 is 6.03 Å². The Labute approximate surface area is 182 Å². The summed E-state index contributed by atoms with van der Waals surface area (Å²) >= 11 is 0. The predicted molar refractivity (Wildman–Crippen MR) is 117 cm³/mol. The van der Waals surface area contributed by atoms with Crippen LogP contribution in [-0.2, 0) is 16.1 Å². The quantitative estimate of drug-likeness (QED) is 0.664. The van der Waals surface area contributed by atoms with Crippen LogP contribution < -0.4 is 10.6 Å². The summed E-state index contributed by atoms with van der Waals surface area (Å²) < 4.78 is 18.8. The molecule has 2 atom stereocenters. The number of methoxy groups -OCH3 is 1. The minimum absolute atomic E-state index is 0.0772. The van der Waals surface area contributed by atoms with Crippen molar-refractivity contribution in [2.24, 2.45) is 5.92 Å². The number of carbonyl (C=O) groups excluding carboxylic acids is 2. The number of nitrogens with one attached hydrogen (secondary N) is 2.